The molecule has 0 saturated carbocycles. The molecule has 0 amide bonds. The predicted molar refractivity (Wildman–Crippen MR) is 74.8 cm³/mol. The Bertz CT molecular complexity index is 727. The van der Waals surface area contributed by atoms with Crippen molar-refractivity contribution < 1.29 is 13.5 Å². The van der Waals surface area contributed by atoms with Crippen molar-refractivity contribution in [2.24, 2.45) is 0 Å². The van der Waals surface area contributed by atoms with Gasteiger partial charge in [0.15, 0.2) is 0 Å². The Morgan fingerprint density at radius 1 is 1.33 bits per heavy atom. The van der Waals surface area contributed by atoms with Crippen molar-refractivity contribution in [3.63, 3.8) is 0 Å². The first kappa shape index (κ1) is 14.2. The Morgan fingerprint density at radius 2 is 2.05 bits per heavy atom. The number of benzene rings is 1. The average molecular weight is 308 g/mol. The molecule has 1 aromatic heterocycles. The van der Waals surface area contributed by atoms with Crippen molar-refractivity contribution in [2.45, 2.75) is 23.8 Å². The molecule has 8 heteroatoms. The van der Waals surface area contributed by atoms with Gasteiger partial charge >= 0.3 is 0 Å². The lowest BCUT2D eigenvalue weighted by atomic mass is 10.0. The van der Waals surface area contributed by atoms with Crippen molar-refractivity contribution in [3.8, 4) is 0 Å². The van der Waals surface area contributed by atoms with E-state index in [2.05, 4.69) is 15.4 Å². The first-order valence-electron chi connectivity index (χ1n) is 6.57. The number of hydrogen-bond donors (Lipinski definition) is 2. The highest BCUT2D eigenvalue weighted by atomic mass is 32.2. The van der Waals surface area contributed by atoms with E-state index in [1.54, 1.807) is 24.3 Å². The van der Waals surface area contributed by atoms with Crippen LogP contribution in [0.4, 0.5) is 0 Å². The number of sulfonamides is 1. The van der Waals surface area contributed by atoms with Gasteiger partial charge in [-0.1, -0.05) is 17.7 Å². The molecule has 0 radical (unpaired) electrons. The molecule has 0 unspecified atom stereocenters. The molecule has 112 valence electrons. The maximum absolute atomic E-state index is 12.6. The Kier molecular flexibility index (Phi) is 3.31. The van der Waals surface area contributed by atoms with Gasteiger partial charge in [-0.15, -0.1) is 0 Å². The molecule has 1 fully saturated rings. The fourth-order valence-corrected chi connectivity index (χ4v) is 3.95. The van der Waals surface area contributed by atoms with E-state index < -0.39 is 15.6 Å². The number of aromatic nitrogens is 3. The maximum Gasteiger partial charge on any atom is 0.243 e. The van der Waals surface area contributed by atoms with Gasteiger partial charge in [-0.2, -0.15) is 19.7 Å². The summed E-state index contributed by atoms with van der Waals surface area (Å²) >= 11 is 0. The van der Waals surface area contributed by atoms with E-state index in [0.29, 0.717) is 12.1 Å². The number of aliphatic hydroxyl groups is 1. The lowest BCUT2D eigenvalue weighted by Crippen LogP contribution is -2.34. The molecule has 1 aliphatic rings. The van der Waals surface area contributed by atoms with Gasteiger partial charge in [-0.3, -0.25) is 0 Å². The van der Waals surface area contributed by atoms with Crippen LogP contribution in [0.25, 0.3) is 0 Å². The molecule has 2 N–H and O–H groups in total. The van der Waals surface area contributed by atoms with E-state index in [0.717, 1.165) is 5.56 Å². The molecule has 1 atom stereocenters. The summed E-state index contributed by atoms with van der Waals surface area (Å²) in [5.74, 6) is 0. The van der Waals surface area contributed by atoms with Gasteiger partial charge in [0.05, 0.1) is 11.1 Å². The number of nitrogens with one attached hydrogen (secondary N) is 1. The van der Waals surface area contributed by atoms with Gasteiger partial charge in [0.1, 0.15) is 11.3 Å². The van der Waals surface area contributed by atoms with E-state index in [1.807, 2.05) is 6.92 Å². The summed E-state index contributed by atoms with van der Waals surface area (Å²) in [6.07, 6.45) is 1.71. The second-order valence-electron chi connectivity index (χ2n) is 5.29. The fourth-order valence-electron chi connectivity index (χ4n) is 2.46. The Hall–Kier alpha value is -1.77. The topological polar surface area (TPSA) is 99.2 Å². The van der Waals surface area contributed by atoms with Gasteiger partial charge in [0.25, 0.3) is 0 Å². The Labute approximate surface area is 122 Å². The zero-order chi connectivity index (χ0) is 15.1. The van der Waals surface area contributed by atoms with Crippen LogP contribution >= 0.6 is 0 Å². The number of rotatable bonds is 3. The number of β-amino-alcohol motifs (C(OH)–C–C–N with tert-alkyl or cyclic N) is 1. The highest BCUT2D eigenvalue weighted by Gasteiger charge is 2.44. The minimum Gasteiger partial charge on any atom is -0.382 e. The minimum absolute atomic E-state index is 0.0181. The van der Waals surface area contributed by atoms with Crippen LogP contribution in [0, 0.1) is 6.92 Å². The monoisotopic (exact) mass is 308 g/mol. The smallest absolute Gasteiger partial charge is 0.243 e. The first-order valence-corrected chi connectivity index (χ1v) is 8.01. The molecule has 0 aliphatic carbocycles. The van der Waals surface area contributed by atoms with Gasteiger partial charge < -0.3 is 5.11 Å². The van der Waals surface area contributed by atoms with Crippen molar-refractivity contribution in [2.75, 3.05) is 13.1 Å². The molecule has 3 rings (SSSR count). The lowest BCUT2D eigenvalue weighted by Gasteiger charge is -2.21. The van der Waals surface area contributed by atoms with Crippen molar-refractivity contribution in [3.05, 3.63) is 41.7 Å². The molecule has 1 aromatic carbocycles. The summed E-state index contributed by atoms with van der Waals surface area (Å²) in [6.45, 7) is 2.13. The number of aromatic amines is 1. The molecule has 7 nitrogen and oxygen atoms in total. The molecule has 0 bridgehead atoms. The van der Waals surface area contributed by atoms with Crippen LogP contribution in [0.2, 0.25) is 0 Å². The highest BCUT2D eigenvalue weighted by Crippen LogP contribution is 2.33. The normalized spacial score (nSPS) is 23.5. The summed E-state index contributed by atoms with van der Waals surface area (Å²) < 4.78 is 26.4. The number of hydrogen-bond acceptors (Lipinski definition) is 5. The Morgan fingerprint density at radius 3 is 2.67 bits per heavy atom. The van der Waals surface area contributed by atoms with Crippen molar-refractivity contribution >= 4 is 10.0 Å². The molecule has 21 heavy (non-hydrogen) atoms. The molecule has 2 aromatic rings. The molecule has 1 saturated heterocycles. The fraction of sp³-hybridized carbons (Fsp3) is 0.385. The first-order chi connectivity index (χ1) is 9.92. The largest absolute Gasteiger partial charge is 0.382 e. The second kappa shape index (κ2) is 4.90. The second-order valence-corrected chi connectivity index (χ2v) is 7.23. The third-order valence-corrected chi connectivity index (χ3v) is 5.62. The van der Waals surface area contributed by atoms with E-state index in [-0.39, 0.29) is 18.0 Å². The van der Waals surface area contributed by atoms with Crippen LogP contribution in [0.3, 0.4) is 0 Å². The average Bonchev–Trinajstić information content (AvgIpc) is 3.09. The van der Waals surface area contributed by atoms with Gasteiger partial charge in [0.2, 0.25) is 10.0 Å². The van der Waals surface area contributed by atoms with Gasteiger partial charge in [-0.25, -0.2) is 8.42 Å². The summed E-state index contributed by atoms with van der Waals surface area (Å²) in [5, 5.41) is 20.5. The van der Waals surface area contributed by atoms with Crippen molar-refractivity contribution in [1.29, 1.82) is 0 Å². The SMILES string of the molecule is Cc1ccc(S(=O)(=O)N2CC[C@](O)(c3cn[nH]n3)C2)cc1. The van der Waals surface area contributed by atoms with Crippen LogP contribution in [0.1, 0.15) is 17.7 Å². The number of aryl methyl sites for hydroxylation is 1. The Balaban J connectivity index is 1.87. The maximum atomic E-state index is 12.6. The molecule has 0 spiro atoms. The minimum atomic E-state index is -3.60. The quantitative estimate of drug-likeness (QED) is 0.855. The molecular weight excluding hydrogens is 292 g/mol. The third-order valence-electron chi connectivity index (χ3n) is 3.76. The zero-order valence-electron chi connectivity index (χ0n) is 11.5. The van der Waals surface area contributed by atoms with E-state index in [1.165, 1.54) is 10.5 Å². The summed E-state index contributed by atoms with van der Waals surface area (Å²) in [5.41, 5.74) is 0.0729. The summed E-state index contributed by atoms with van der Waals surface area (Å²) in [7, 11) is -3.60. The van der Waals surface area contributed by atoms with E-state index in [4.69, 9.17) is 0 Å². The van der Waals surface area contributed by atoms with Crippen LogP contribution in [-0.2, 0) is 15.6 Å². The predicted octanol–water partition coefficient (Wildman–Crippen LogP) is 0.395. The molecule has 1 aliphatic heterocycles. The summed E-state index contributed by atoms with van der Waals surface area (Å²) in [4.78, 5) is 0.234. The number of nitrogens with zero attached hydrogens (tertiary/aromatic N) is 3. The van der Waals surface area contributed by atoms with Gasteiger partial charge in [0, 0.05) is 13.1 Å². The van der Waals surface area contributed by atoms with Crippen molar-refractivity contribution in [1.82, 2.24) is 19.7 Å². The third kappa shape index (κ3) is 2.45. The highest BCUT2D eigenvalue weighted by molar-refractivity contribution is 7.89. The zero-order valence-corrected chi connectivity index (χ0v) is 12.3. The van der Waals surface area contributed by atoms with E-state index >= 15 is 0 Å². The van der Waals surface area contributed by atoms with Crippen LogP contribution < -0.4 is 0 Å². The van der Waals surface area contributed by atoms with Crippen LogP contribution in [0.5, 0.6) is 0 Å². The van der Waals surface area contributed by atoms with Gasteiger partial charge in [-0.05, 0) is 25.5 Å². The molecular formula is C13H16N4O3S. The van der Waals surface area contributed by atoms with E-state index in [9.17, 15) is 13.5 Å². The standard InChI is InChI=1S/C13H16N4O3S/c1-10-2-4-11(5-3-10)21(19,20)17-7-6-13(18,9-17)12-8-14-16-15-12/h2-5,8,18H,6-7,9H2,1H3,(H,14,15,16)/t13-/m1/s1. The van der Waals surface area contributed by atoms with Crippen LogP contribution in [0.15, 0.2) is 35.4 Å². The van der Waals surface area contributed by atoms with Crippen LogP contribution in [-0.4, -0.2) is 46.3 Å². The lowest BCUT2D eigenvalue weighted by molar-refractivity contribution is 0.0485. The number of H-pyrrole nitrogens is 1. The molecule has 2 heterocycles. The summed E-state index contributed by atoms with van der Waals surface area (Å²) in [6, 6.07) is 6.68.